The molecule has 0 fully saturated rings. The largest absolute Gasteiger partial charge is 0.388 e. The summed E-state index contributed by atoms with van der Waals surface area (Å²) in [5, 5.41) is 10.1. The van der Waals surface area contributed by atoms with Crippen LogP contribution in [-0.4, -0.2) is 9.67 Å². The Labute approximate surface area is 120 Å². The fraction of sp³-hybridized carbons (Fsp3) is 0.333. The van der Waals surface area contributed by atoms with Gasteiger partial charge in [0.2, 0.25) is 0 Å². The van der Waals surface area contributed by atoms with Gasteiger partial charge in [-0.2, -0.15) is 0 Å². The van der Waals surface area contributed by atoms with Crippen molar-refractivity contribution < 1.29 is 5.11 Å². The van der Waals surface area contributed by atoms with Crippen LogP contribution in [0, 0.1) is 0 Å². The van der Waals surface area contributed by atoms with Crippen molar-refractivity contribution in [1.29, 1.82) is 0 Å². The van der Waals surface area contributed by atoms with Crippen LogP contribution in [0.25, 0.3) is 6.08 Å². The van der Waals surface area contributed by atoms with E-state index < -0.39 is 0 Å². The molecule has 0 saturated heterocycles. The third kappa shape index (κ3) is 3.02. The lowest BCUT2D eigenvalue weighted by atomic mass is 10.1. The van der Waals surface area contributed by atoms with Crippen LogP contribution in [-0.2, 0) is 13.0 Å². The number of nitrogens with zero attached hydrogens (tertiary/aromatic N) is 1. The van der Waals surface area contributed by atoms with Crippen LogP contribution in [0.1, 0.15) is 42.1 Å². The van der Waals surface area contributed by atoms with Gasteiger partial charge in [-0.25, -0.2) is 0 Å². The molecule has 0 saturated carbocycles. The van der Waals surface area contributed by atoms with E-state index in [1.54, 1.807) is 0 Å². The molecule has 1 aliphatic rings. The molecule has 2 heteroatoms. The van der Waals surface area contributed by atoms with Gasteiger partial charge in [0.15, 0.2) is 0 Å². The van der Waals surface area contributed by atoms with Gasteiger partial charge in [-0.3, -0.25) is 0 Å². The molecule has 104 valence electrons. The van der Waals surface area contributed by atoms with Crippen molar-refractivity contribution in [2.24, 2.45) is 0 Å². The number of aliphatic hydroxyl groups excluding tert-OH is 1. The summed E-state index contributed by atoms with van der Waals surface area (Å²) in [5.41, 5.74) is 3.68. The number of fused-ring (bicyclic) bond motifs is 1. The van der Waals surface area contributed by atoms with E-state index >= 15 is 0 Å². The first-order valence-electron chi connectivity index (χ1n) is 7.41. The third-order valence-corrected chi connectivity index (χ3v) is 3.96. The van der Waals surface area contributed by atoms with Crippen molar-refractivity contribution in [2.75, 3.05) is 0 Å². The van der Waals surface area contributed by atoms with E-state index in [0.717, 1.165) is 31.4 Å². The van der Waals surface area contributed by atoms with Crippen LogP contribution in [0.5, 0.6) is 0 Å². The van der Waals surface area contributed by atoms with Crippen molar-refractivity contribution in [3.8, 4) is 0 Å². The van der Waals surface area contributed by atoms with E-state index in [0.29, 0.717) is 0 Å². The number of aromatic nitrogens is 1. The van der Waals surface area contributed by atoms with Crippen LogP contribution in [0.2, 0.25) is 0 Å². The summed E-state index contributed by atoms with van der Waals surface area (Å²) in [6, 6.07) is 10.3. The number of allylic oxidation sites excluding steroid dienone is 1. The van der Waals surface area contributed by atoms with Gasteiger partial charge in [0.05, 0.1) is 6.10 Å². The molecular weight excluding hydrogens is 246 g/mol. The third-order valence-electron chi connectivity index (χ3n) is 3.96. The van der Waals surface area contributed by atoms with Gasteiger partial charge in [-0.1, -0.05) is 48.9 Å². The van der Waals surface area contributed by atoms with Crippen LogP contribution in [0.15, 0.2) is 48.8 Å². The Balaban J connectivity index is 1.70. The molecule has 0 spiro atoms. The van der Waals surface area contributed by atoms with Gasteiger partial charge < -0.3 is 9.67 Å². The smallest absolute Gasteiger partial charge is 0.0807 e. The molecule has 2 nitrogen and oxygen atoms in total. The fourth-order valence-corrected chi connectivity index (χ4v) is 2.87. The average molecular weight is 267 g/mol. The molecule has 1 atom stereocenters. The van der Waals surface area contributed by atoms with Gasteiger partial charge in [0.25, 0.3) is 0 Å². The molecule has 1 unspecified atom stereocenters. The molecule has 1 aromatic heterocycles. The zero-order chi connectivity index (χ0) is 13.8. The van der Waals surface area contributed by atoms with E-state index in [1.807, 2.05) is 18.2 Å². The molecule has 0 radical (unpaired) electrons. The molecule has 2 aromatic rings. The van der Waals surface area contributed by atoms with Crippen LogP contribution >= 0.6 is 0 Å². The van der Waals surface area contributed by atoms with E-state index in [4.69, 9.17) is 0 Å². The predicted octanol–water partition coefficient (Wildman–Crippen LogP) is 3.96. The highest BCUT2D eigenvalue weighted by molar-refractivity contribution is 5.48. The number of hydrogen-bond acceptors (Lipinski definition) is 1. The van der Waals surface area contributed by atoms with E-state index in [1.165, 1.54) is 17.5 Å². The molecule has 1 N–H and O–H groups in total. The second kappa shape index (κ2) is 6.10. The zero-order valence-electron chi connectivity index (χ0n) is 11.7. The highest BCUT2D eigenvalue weighted by Gasteiger charge is 2.17. The molecule has 0 bridgehead atoms. The van der Waals surface area contributed by atoms with E-state index in [2.05, 4.69) is 41.2 Å². The Hall–Kier alpha value is -1.80. The number of aliphatic hydroxyl groups is 1. The van der Waals surface area contributed by atoms with Crippen molar-refractivity contribution in [3.63, 3.8) is 0 Å². The molecule has 3 rings (SSSR count). The SMILES string of the molecule is OC1CCCCc2cn(C/C=C/c3ccccc3)cc21. The van der Waals surface area contributed by atoms with E-state index in [-0.39, 0.29) is 6.10 Å². The quantitative estimate of drug-likeness (QED) is 0.837. The summed E-state index contributed by atoms with van der Waals surface area (Å²) < 4.78 is 2.18. The van der Waals surface area contributed by atoms with Crippen molar-refractivity contribution >= 4 is 6.08 Å². The Morgan fingerprint density at radius 1 is 1.15 bits per heavy atom. The summed E-state index contributed by atoms with van der Waals surface area (Å²) in [4.78, 5) is 0. The van der Waals surface area contributed by atoms with E-state index in [9.17, 15) is 5.11 Å². The molecule has 1 heterocycles. The number of hydrogen-bond donors (Lipinski definition) is 1. The minimum absolute atomic E-state index is 0.271. The van der Waals surface area contributed by atoms with Crippen molar-refractivity contribution in [1.82, 2.24) is 4.57 Å². The number of rotatable bonds is 3. The second-order valence-corrected chi connectivity index (χ2v) is 5.51. The first kappa shape index (κ1) is 13.2. The monoisotopic (exact) mass is 267 g/mol. The van der Waals surface area contributed by atoms with Crippen LogP contribution in [0.3, 0.4) is 0 Å². The maximum absolute atomic E-state index is 10.1. The summed E-state index contributed by atoms with van der Waals surface area (Å²) in [6.45, 7) is 0.856. The lowest BCUT2D eigenvalue weighted by Crippen LogP contribution is -1.95. The Bertz CT molecular complexity index is 583. The topological polar surface area (TPSA) is 25.2 Å². The molecule has 1 aromatic carbocycles. The van der Waals surface area contributed by atoms with Gasteiger partial charge in [-0.05, 0) is 30.4 Å². The van der Waals surface area contributed by atoms with Gasteiger partial charge >= 0.3 is 0 Å². The average Bonchev–Trinajstić information content (AvgIpc) is 2.80. The fourth-order valence-electron chi connectivity index (χ4n) is 2.87. The summed E-state index contributed by atoms with van der Waals surface area (Å²) in [5.74, 6) is 0. The Kier molecular flexibility index (Phi) is 4.03. The van der Waals surface area contributed by atoms with Gasteiger partial charge in [0, 0.05) is 24.5 Å². The number of benzene rings is 1. The van der Waals surface area contributed by atoms with Crippen molar-refractivity contribution in [2.45, 2.75) is 38.3 Å². The minimum Gasteiger partial charge on any atom is -0.388 e. The normalized spacial score (nSPS) is 18.9. The predicted molar refractivity (Wildman–Crippen MR) is 82.4 cm³/mol. The second-order valence-electron chi connectivity index (χ2n) is 5.51. The highest BCUT2D eigenvalue weighted by Crippen LogP contribution is 2.29. The van der Waals surface area contributed by atoms with Gasteiger partial charge in [0.1, 0.15) is 0 Å². The molecule has 1 aliphatic carbocycles. The minimum atomic E-state index is -0.271. The molecule has 20 heavy (non-hydrogen) atoms. The maximum atomic E-state index is 10.1. The lowest BCUT2D eigenvalue weighted by molar-refractivity contribution is 0.166. The van der Waals surface area contributed by atoms with Gasteiger partial charge in [-0.15, -0.1) is 0 Å². The van der Waals surface area contributed by atoms with Crippen LogP contribution in [0.4, 0.5) is 0 Å². The molecular formula is C18H21NO. The number of aryl methyl sites for hydroxylation is 1. The maximum Gasteiger partial charge on any atom is 0.0807 e. The standard InChI is InChI=1S/C18H21NO/c20-18-11-5-4-10-16-13-19(14-17(16)18)12-6-9-15-7-2-1-3-8-15/h1-3,6-9,13-14,18,20H,4-5,10-12H2/b9-6+. The highest BCUT2D eigenvalue weighted by atomic mass is 16.3. The molecule has 0 aliphatic heterocycles. The first-order valence-corrected chi connectivity index (χ1v) is 7.41. The Morgan fingerprint density at radius 3 is 2.85 bits per heavy atom. The van der Waals surface area contributed by atoms with Crippen molar-refractivity contribution in [3.05, 3.63) is 65.5 Å². The zero-order valence-corrected chi connectivity index (χ0v) is 11.7. The summed E-state index contributed by atoms with van der Waals surface area (Å²) in [7, 11) is 0. The summed E-state index contributed by atoms with van der Waals surface area (Å²) in [6.07, 6.45) is 12.7. The first-order chi connectivity index (χ1) is 9.83. The lowest BCUT2D eigenvalue weighted by Gasteiger charge is -2.05. The molecule has 0 amide bonds. The van der Waals surface area contributed by atoms with Crippen LogP contribution < -0.4 is 0 Å². The summed E-state index contributed by atoms with van der Waals surface area (Å²) >= 11 is 0. The Morgan fingerprint density at radius 2 is 2.00 bits per heavy atom.